The van der Waals surface area contributed by atoms with Crippen molar-refractivity contribution < 1.29 is 17.7 Å². The topological polar surface area (TPSA) is 82.5 Å². The standard InChI is InChI=1S/C13H11F3N6OS/c1-7(24-12-18-20-21-22(12)2)11-17-10(19-23-11)8-4-3-5-9(6-8)13(14,15)16/h3-7H,1-2H3/t7-/m0/s1. The Morgan fingerprint density at radius 2 is 2.08 bits per heavy atom. The van der Waals surface area contributed by atoms with E-state index in [2.05, 4.69) is 25.7 Å². The normalized spacial score (nSPS) is 13.2. The summed E-state index contributed by atoms with van der Waals surface area (Å²) < 4.78 is 45.0. The van der Waals surface area contributed by atoms with Gasteiger partial charge < -0.3 is 4.52 Å². The first-order valence-corrected chi connectivity index (χ1v) is 7.63. The fourth-order valence-electron chi connectivity index (χ4n) is 1.88. The number of rotatable bonds is 4. The third-order valence-corrected chi connectivity index (χ3v) is 4.21. The predicted molar refractivity (Wildman–Crippen MR) is 77.8 cm³/mol. The number of aromatic nitrogens is 6. The highest BCUT2D eigenvalue weighted by Gasteiger charge is 2.31. The average Bonchev–Trinajstić information content (AvgIpc) is 3.16. The van der Waals surface area contributed by atoms with Gasteiger partial charge in [0.25, 0.3) is 0 Å². The van der Waals surface area contributed by atoms with Crippen molar-refractivity contribution in [2.75, 3.05) is 0 Å². The molecule has 3 aromatic rings. The molecule has 0 unspecified atom stereocenters. The summed E-state index contributed by atoms with van der Waals surface area (Å²) in [7, 11) is 1.69. The van der Waals surface area contributed by atoms with E-state index in [0.29, 0.717) is 5.16 Å². The van der Waals surface area contributed by atoms with E-state index >= 15 is 0 Å². The molecule has 0 radical (unpaired) electrons. The summed E-state index contributed by atoms with van der Waals surface area (Å²) in [6.45, 7) is 1.81. The van der Waals surface area contributed by atoms with Gasteiger partial charge in [0, 0.05) is 12.6 Å². The number of aryl methyl sites for hydroxylation is 1. The molecule has 0 saturated heterocycles. The molecule has 0 aliphatic rings. The van der Waals surface area contributed by atoms with Crippen molar-refractivity contribution in [3.8, 4) is 11.4 Å². The predicted octanol–water partition coefficient (Wildman–Crippen LogP) is 3.13. The lowest BCUT2D eigenvalue weighted by Gasteiger charge is -2.06. The first-order valence-electron chi connectivity index (χ1n) is 6.75. The number of tetrazole rings is 1. The molecular formula is C13H11F3N6OS. The zero-order valence-corrected chi connectivity index (χ0v) is 13.3. The van der Waals surface area contributed by atoms with Gasteiger partial charge in [-0.25, -0.2) is 4.68 Å². The SMILES string of the molecule is C[C@H](Sc1nnnn1C)c1nc(-c2cccc(C(F)(F)F)c2)no1. The summed E-state index contributed by atoms with van der Waals surface area (Å²) in [4.78, 5) is 4.17. The number of hydrogen-bond acceptors (Lipinski definition) is 7. The number of hydrogen-bond donors (Lipinski definition) is 0. The lowest BCUT2D eigenvalue weighted by Crippen LogP contribution is -2.04. The summed E-state index contributed by atoms with van der Waals surface area (Å²) in [5.41, 5.74) is -0.531. The van der Waals surface area contributed by atoms with Crippen LogP contribution in [0.15, 0.2) is 33.9 Å². The second kappa shape index (κ2) is 6.23. The average molecular weight is 356 g/mol. The van der Waals surface area contributed by atoms with Crippen LogP contribution in [-0.2, 0) is 13.2 Å². The first-order chi connectivity index (χ1) is 11.3. The molecule has 1 aromatic carbocycles. The monoisotopic (exact) mass is 356 g/mol. The molecule has 0 spiro atoms. The molecule has 0 amide bonds. The molecule has 24 heavy (non-hydrogen) atoms. The minimum absolute atomic E-state index is 0.0969. The second-order valence-corrected chi connectivity index (χ2v) is 6.19. The number of benzene rings is 1. The molecule has 0 N–H and O–H groups in total. The van der Waals surface area contributed by atoms with Crippen LogP contribution in [0.4, 0.5) is 13.2 Å². The summed E-state index contributed by atoms with van der Waals surface area (Å²) in [5, 5.41) is 15.1. The minimum atomic E-state index is -4.43. The van der Waals surface area contributed by atoms with Crippen molar-refractivity contribution in [2.45, 2.75) is 23.5 Å². The van der Waals surface area contributed by atoms with Crippen LogP contribution in [0.3, 0.4) is 0 Å². The molecule has 3 rings (SSSR count). The van der Waals surface area contributed by atoms with Gasteiger partial charge in [-0.3, -0.25) is 0 Å². The fourth-order valence-corrected chi connectivity index (χ4v) is 2.67. The molecule has 0 aliphatic carbocycles. The number of thioether (sulfide) groups is 1. The Balaban J connectivity index is 1.82. The van der Waals surface area contributed by atoms with Gasteiger partial charge in [-0.2, -0.15) is 18.2 Å². The van der Waals surface area contributed by atoms with Gasteiger partial charge in [0.1, 0.15) is 0 Å². The Labute approximate surface area is 138 Å². The smallest absolute Gasteiger partial charge is 0.338 e. The minimum Gasteiger partial charge on any atom is -0.338 e. The third-order valence-electron chi connectivity index (χ3n) is 3.10. The van der Waals surface area contributed by atoms with E-state index in [4.69, 9.17) is 4.52 Å². The van der Waals surface area contributed by atoms with Crippen molar-refractivity contribution in [1.29, 1.82) is 0 Å². The van der Waals surface area contributed by atoms with Crippen molar-refractivity contribution in [3.63, 3.8) is 0 Å². The zero-order chi connectivity index (χ0) is 17.3. The van der Waals surface area contributed by atoms with Crippen molar-refractivity contribution >= 4 is 11.8 Å². The molecule has 126 valence electrons. The van der Waals surface area contributed by atoms with E-state index in [-0.39, 0.29) is 22.5 Å². The van der Waals surface area contributed by atoms with Crippen LogP contribution in [0.1, 0.15) is 23.6 Å². The lowest BCUT2D eigenvalue weighted by molar-refractivity contribution is -0.137. The van der Waals surface area contributed by atoms with Crippen molar-refractivity contribution in [2.24, 2.45) is 7.05 Å². The highest BCUT2D eigenvalue weighted by molar-refractivity contribution is 7.99. The molecule has 0 saturated carbocycles. The van der Waals surface area contributed by atoms with Crippen LogP contribution in [0.25, 0.3) is 11.4 Å². The van der Waals surface area contributed by atoms with Gasteiger partial charge in [0.15, 0.2) is 0 Å². The molecule has 0 bridgehead atoms. The molecule has 0 fully saturated rings. The van der Waals surface area contributed by atoms with Crippen LogP contribution in [0.5, 0.6) is 0 Å². The van der Waals surface area contributed by atoms with E-state index < -0.39 is 11.7 Å². The third kappa shape index (κ3) is 3.40. The first kappa shape index (κ1) is 16.4. The van der Waals surface area contributed by atoms with Gasteiger partial charge in [-0.1, -0.05) is 29.1 Å². The number of alkyl halides is 3. The fraction of sp³-hybridized carbons (Fsp3) is 0.308. The van der Waals surface area contributed by atoms with E-state index in [9.17, 15) is 13.2 Å². The van der Waals surface area contributed by atoms with E-state index in [1.807, 2.05) is 6.92 Å². The Bertz CT molecular complexity index is 846. The van der Waals surface area contributed by atoms with Gasteiger partial charge in [0.2, 0.25) is 16.9 Å². The Kier molecular flexibility index (Phi) is 4.26. The van der Waals surface area contributed by atoms with Crippen LogP contribution < -0.4 is 0 Å². The summed E-state index contributed by atoms with van der Waals surface area (Å²) in [5.74, 6) is 0.370. The van der Waals surface area contributed by atoms with Crippen LogP contribution in [0, 0.1) is 0 Å². The van der Waals surface area contributed by atoms with E-state index in [1.54, 1.807) is 7.05 Å². The van der Waals surface area contributed by atoms with Gasteiger partial charge >= 0.3 is 6.18 Å². The Hall–Kier alpha value is -2.43. The molecule has 11 heteroatoms. The van der Waals surface area contributed by atoms with Gasteiger partial charge in [-0.15, -0.1) is 5.10 Å². The summed E-state index contributed by atoms with van der Waals surface area (Å²) >= 11 is 1.30. The lowest BCUT2D eigenvalue weighted by atomic mass is 10.1. The van der Waals surface area contributed by atoms with Crippen LogP contribution in [-0.4, -0.2) is 30.3 Å². The molecule has 2 heterocycles. The van der Waals surface area contributed by atoms with Crippen molar-refractivity contribution in [3.05, 3.63) is 35.7 Å². The Morgan fingerprint density at radius 1 is 1.29 bits per heavy atom. The Morgan fingerprint density at radius 3 is 2.75 bits per heavy atom. The van der Waals surface area contributed by atoms with E-state index in [1.165, 1.54) is 28.6 Å². The highest BCUT2D eigenvalue weighted by atomic mass is 32.2. The summed E-state index contributed by atoms with van der Waals surface area (Å²) in [6.07, 6.45) is -4.43. The second-order valence-electron chi connectivity index (χ2n) is 4.88. The van der Waals surface area contributed by atoms with Gasteiger partial charge in [0.05, 0.1) is 10.8 Å². The maximum Gasteiger partial charge on any atom is 0.416 e. The maximum atomic E-state index is 12.8. The largest absolute Gasteiger partial charge is 0.416 e. The van der Waals surface area contributed by atoms with Crippen LogP contribution in [0.2, 0.25) is 0 Å². The summed E-state index contributed by atoms with van der Waals surface area (Å²) in [6, 6.07) is 4.77. The highest BCUT2D eigenvalue weighted by Crippen LogP contribution is 2.34. The number of halogens is 3. The molecule has 0 aliphatic heterocycles. The molecular weight excluding hydrogens is 345 g/mol. The van der Waals surface area contributed by atoms with Gasteiger partial charge in [-0.05, 0) is 29.5 Å². The van der Waals surface area contributed by atoms with E-state index in [0.717, 1.165) is 12.1 Å². The maximum absolute atomic E-state index is 12.8. The molecule has 1 atom stereocenters. The molecule has 7 nitrogen and oxygen atoms in total. The zero-order valence-electron chi connectivity index (χ0n) is 12.5. The van der Waals surface area contributed by atoms with Crippen LogP contribution >= 0.6 is 11.8 Å². The quantitative estimate of drug-likeness (QED) is 0.664. The molecule has 2 aromatic heterocycles. The van der Waals surface area contributed by atoms with Crippen molar-refractivity contribution in [1.82, 2.24) is 30.3 Å². The number of nitrogens with zero attached hydrogens (tertiary/aromatic N) is 6.